The van der Waals surface area contributed by atoms with Crippen molar-refractivity contribution in [2.75, 3.05) is 18.0 Å². The summed E-state index contributed by atoms with van der Waals surface area (Å²) >= 11 is 7.71. The first-order chi connectivity index (χ1) is 12.4. The van der Waals surface area contributed by atoms with Crippen LogP contribution in [0.1, 0.15) is 25.0 Å². The number of nitrogens with zero attached hydrogens (tertiary/aromatic N) is 2. The third kappa shape index (κ3) is 3.72. The molecule has 1 aromatic heterocycles. The SMILES string of the molecule is CCN(CC)c1nc2cc(CS(=O)(=O)c3cccc(Cl)c3C)ccc2s1. The third-order valence-electron chi connectivity index (χ3n) is 4.38. The summed E-state index contributed by atoms with van der Waals surface area (Å²) in [7, 11) is -3.47. The van der Waals surface area contributed by atoms with Crippen molar-refractivity contribution in [3.8, 4) is 0 Å². The van der Waals surface area contributed by atoms with Gasteiger partial charge in [-0.15, -0.1) is 0 Å². The van der Waals surface area contributed by atoms with Crippen LogP contribution in [0.25, 0.3) is 10.2 Å². The summed E-state index contributed by atoms with van der Waals surface area (Å²) in [6.45, 7) is 7.72. The van der Waals surface area contributed by atoms with Crippen LogP contribution in [0.15, 0.2) is 41.3 Å². The van der Waals surface area contributed by atoms with Gasteiger partial charge in [-0.25, -0.2) is 13.4 Å². The number of fused-ring (bicyclic) bond motifs is 1. The standard InChI is InChI=1S/C19H21ClN2O2S2/c1-4-22(5-2)19-21-16-11-14(9-10-17(16)25-19)12-26(23,24)18-8-6-7-15(20)13(18)3/h6-11H,4-5,12H2,1-3H3. The van der Waals surface area contributed by atoms with Crippen molar-refractivity contribution >= 4 is 48.1 Å². The van der Waals surface area contributed by atoms with Gasteiger partial charge in [-0.05, 0) is 56.2 Å². The van der Waals surface area contributed by atoms with Gasteiger partial charge >= 0.3 is 0 Å². The minimum Gasteiger partial charge on any atom is -0.349 e. The number of anilines is 1. The maximum Gasteiger partial charge on any atom is 0.186 e. The average molecular weight is 409 g/mol. The molecule has 0 saturated heterocycles. The minimum atomic E-state index is -3.47. The zero-order valence-corrected chi connectivity index (χ0v) is 17.4. The van der Waals surface area contributed by atoms with E-state index in [0.29, 0.717) is 10.6 Å². The second-order valence-corrected chi connectivity index (χ2v) is 9.47. The van der Waals surface area contributed by atoms with Crippen LogP contribution in [-0.2, 0) is 15.6 Å². The summed E-state index contributed by atoms with van der Waals surface area (Å²) < 4.78 is 26.7. The molecule has 2 aromatic carbocycles. The fourth-order valence-corrected chi connectivity index (χ4v) is 5.84. The molecule has 0 amide bonds. The minimum absolute atomic E-state index is 0.0672. The number of rotatable bonds is 6. The Labute approximate surface area is 163 Å². The molecule has 0 bridgehead atoms. The quantitative estimate of drug-likeness (QED) is 0.570. The van der Waals surface area contributed by atoms with E-state index in [2.05, 4.69) is 23.7 Å². The summed E-state index contributed by atoms with van der Waals surface area (Å²) in [5.41, 5.74) is 2.16. The monoisotopic (exact) mass is 408 g/mol. The van der Waals surface area contributed by atoms with Gasteiger partial charge in [-0.3, -0.25) is 0 Å². The topological polar surface area (TPSA) is 50.3 Å². The lowest BCUT2D eigenvalue weighted by Gasteiger charge is -2.16. The van der Waals surface area contributed by atoms with Gasteiger partial charge < -0.3 is 4.90 Å². The van der Waals surface area contributed by atoms with E-state index >= 15 is 0 Å². The highest BCUT2D eigenvalue weighted by molar-refractivity contribution is 7.90. The van der Waals surface area contributed by atoms with Crippen LogP contribution in [0.4, 0.5) is 5.13 Å². The predicted octanol–water partition coefficient (Wildman–Crippen LogP) is 5.08. The zero-order chi connectivity index (χ0) is 18.9. The normalized spacial score (nSPS) is 11.8. The highest BCUT2D eigenvalue weighted by Gasteiger charge is 2.20. The predicted molar refractivity (Wildman–Crippen MR) is 110 cm³/mol. The number of aromatic nitrogens is 1. The molecule has 0 N–H and O–H groups in total. The van der Waals surface area contributed by atoms with Crippen molar-refractivity contribution in [3.05, 3.63) is 52.5 Å². The van der Waals surface area contributed by atoms with Gasteiger partial charge in [0.25, 0.3) is 0 Å². The van der Waals surface area contributed by atoms with Gasteiger partial charge in [0, 0.05) is 18.1 Å². The van der Waals surface area contributed by atoms with Gasteiger partial charge in [0.15, 0.2) is 15.0 Å². The van der Waals surface area contributed by atoms with Crippen LogP contribution in [0.5, 0.6) is 0 Å². The average Bonchev–Trinajstić information content (AvgIpc) is 3.01. The van der Waals surface area contributed by atoms with E-state index in [1.807, 2.05) is 18.2 Å². The Kier molecular flexibility index (Phi) is 5.55. The molecule has 1 heterocycles. The number of sulfone groups is 1. The van der Waals surface area contributed by atoms with Crippen LogP contribution in [0.2, 0.25) is 5.02 Å². The fraction of sp³-hybridized carbons (Fsp3) is 0.316. The molecule has 0 aliphatic heterocycles. The van der Waals surface area contributed by atoms with Gasteiger partial charge in [0.05, 0.1) is 20.9 Å². The first kappa shape index (κ1) is 19.1. The van der Waals surface area contributed by atoms with E-state index in [4.69, 9.17) is 11.6 Å². The molecule has 0 radical (unpaired) electrons. The van der Waals surface area contributed by atoms with E-state index in [9.17, 15) is 8.42 Å². The van der Waals surface area contributed by atoms with Crippen molar-refractivity contribution in [1.29, 1.82) is 0 Å². The van der Waals surface area contributed by atoms with E-state index in [1.54, 1.807) is 36.5 Å². The Bertz CT molecular complexity index is 1040. The molecule has 4 nitrogen and oxygen atoms in total. The summed E-state index contributed by atoms with van der Waals surface area (Å²) in [5, 5.41) is 1.43. The van der Waals surface area contributed by atoms with E-state index in [0.717, 1.165) is 34.0 Å². The van der Waals surface area contributed by atoms with E-state index < -0.39 is 9.84 Å². The fourth-order valence-electron chi connectivity index (χ4n) is 2.90. The lowest BCUT2D eigenvalue weighted by molar-refractivity contribution is 0.594. The van der Waals surface area contributed by atoms with Gasteiger partial charge in [-0.1, -0.05) is 35.1 Å². The molecule has 3 rings (SSSR count). The molecule has 0 saturated carbocycles. The molecule has 138 valence electrons. The number of halogens is 1. The third-order valence-corrected chi connectivity index (χ3v) is 7.72. The molecular weight excluding hydrogens is 388 g/mol. The number of benzene rings is 2. The smallest absolute Gasteiger partial charge is 0.186 e. The molecule has 0 aliphatic rings. The van der Waals surface area contributed by atoms with Crippen LogP contribution in [-0.4, -0.2) is 26.5 Å². The lowest BCUT2D eigenvalue weighted by Crippen LogP contribution is -2.21. The Morgan fingerprint density at radius 1 is 1.15 bits per heavy atom. The molecule has 26 heavy (non-hydrogen) atoms. The molecule has 0 atom stereocenters. The second-order valence-electron chi connectivity index (χ2n) is 6.09. The van der Waals surface area contributed by atoms with E-state index in [1.165, 1.54) is 0 Å². The van der Waals surface area contributed by atoms with Gasteiger partial charge in [0.1, 0.15) is 0 Å². The van der Waals surface area contributed by atoms with Crippen molar-refractivity contribution in [1.82, 2.24) is 4.98 Å². The Hall–Kier alpha value is -1.63. The van der Waals surface area contributed by atoms with Gasteiger partial charge in [0.2, 0.25) is 0 Å². The molecule has 3 aromatic rings. The molecular formula is C19H21ClN2O2S2. The van der Waals surface area contributed by atoms with Crippen LogP contribution in [0.3, 0.4) is 0 Å². The van der Waals surface area contributed by atoms with Crippen molar-refractivity contribution in [2.45, 2.75) is 31.4 Å². The molecule has 7 heteroatoms. The maximum atomic E-state index is 12.8. The first-order valence-electron chi connectivity index (χ1n) is 8.48. The van der Waals surface area contributed by atoms with Crippen LogP contribution < -0.4 is 4.90 Å². The Morgan fingerprint density at radius 2 is 1.88 bits per heavy atom. The first-order valence-corrected chi connectivity index (χ1v) is 11.3. The van der Waals surface area contributed by atoms with Crippen molar-refractivity contribution in [3.63, 3.8) is 0 Å². The zero-order valence-electron chi connectivity index (χ0n) is 15.0. The summed E-state index contributed by atoms with van der Waals surface area (Å²) in [6, 6.07) is 10.7. The Morgan fingerprint density at radius 3 is 2.58 bits per heavy atom. The van der Waals surface area contributed by atoms with Crippen molar-refractivity contribution in [2.24, 2.45) is 0 Å². The summed E-state index contributed by atoms with van der Waals surface area (Å²) in [5.74, 6) is -0.0672. The largest absolute Gasteiger partial charge is 0.349 e. The molecule has 0 aliphatic carbocycles. The Balaban J connectivity index is 1.94. The van der Waals surface area contributed by atoms with Crippen LogP contribution in [0, 0.1) is 6.92 Å². The molecule has 0 spiro atoms. The number of thiazole rings is 1. The number of hydrogen-bond donors (Lipinski definition) is 0. The summed E-state index contributed by atoms with van der Waals surface area (Å²) in [4.78, 5) is 7.15. The molecule has 0 fully saturated rings. The molecule has 0 unspecified atom stereocenters. The number of hydrogen-bond acceptors (Lipinski definition) is 5. The van der Waals surface area contributed by atoms with Crippen molar-refractivity contribution < 1.29 is 8.42 Å². The maximum absolute atomic E-state index is 12.8. The highest BCUT2D eigenvalue weighted by Crippen LogP contribution is 2.31. The van der Waals surface area contributed by atoms with E-state index in [-0.39, 0.29) is 10.6 Å². The highest BCUT2D eigenvalue weighted by atomic mass is 35.5. The van der Waals surface area contributed by atoms with Gasteiger partial charge in [-0.2, -0.15) is 0 Å². The van der Waals surface area contributed by atoms with Crippen LogP contribution >= 0.6 is 22.9 Å². The summed E-state index contributed by atoms with van der Waals surface area (Å²) in [6.07, 6.45) is 0. The lowest BCUT2D eigenvalue weighted by atomic mass is 10.2. The second kappa shape index (κ2) is 7.55.